The van der Waals surface area contributed by atoms with E-state index in [1.54, 1.807) is 14.0 Å². The van der Waals surface area contributed by atoms with Crippen LogP contribution in [0, 0.1) is 10.9 Å². The second kappa shape index (κ2) is 8.51. The van der Waals surface area contributed by atoms with Crippen LogP contribution in [0.15, 0.2) is 35.1 Å². The molecule has 0 bridgehead atoms. The van der Waals surface area contributed by atoms with Gasteiger partial charge >= 0.3 is 0 Å². The van der Waals surface area contributed by atoms with Crippen molar-refractivity contribution in [1.29, 1.82) is 0 Å². The number of ether oxygens (including phenoxy) is 1. The van der Waals surface area contributed by atoms with E-state index < -0.39 is 0 Å². The van der Waals surface area contributed by atoms with Gasteiger partial charge in [-0.25, -0.2) is 0 Å². The molecule has 27 heavy (non-hydrogen) atoms. The Balaban J connectivity index is 1.76. The summed E-state index contributed by atoms with van der Waals surface area (Å²) in [6.07, 6.45) is 0.114. The van der Waals surface area contributed by atoms with Crippen molar-refractivity contribution in [2.45, 2.75) is 19.9 Å². The number of hydrogen-bond donors (Lipinski definition) is 1. The minimum Gasteiger partial charge on any atom is -0.496 e. The maximum absolute atomic E-state index is 12.5. The summed E-state index contributed by atoms with van der Waals surface area (Å²) in [6, 6.07) is 8.96. The van der Waals surface area contributed by atoms with Gasteiger partial charge in [0.25, 0.3) is 5.56 Å². The number of aryl methyl sites for hydroxylation is 1. The summed E-state index contributed by atoms with van der Waals surface area (Å²) in [6.45, 7) is 2.00. The number of benzene rings is 1. The fourth-order valence-corrected chi connectivity index (χ4v) is 4.36. The van der Waals surface area contributed by atoms with Crippen LogP contribution in [-0.4, -0.2) is 27.8 Å². The van der Waals surface area contributed by atoms with Crippen LogP contribution in [0.25, 0.3) is 10.4 Å². The zero-order chi connectivity index (χ0) is 19.4. The molecule has 3 rings (SSSR count). The van der Waals surface area contributed by atoms with Crippen molar-refractivity contribution < 1.29 is 9.53 Å². The van der Waals surface area contributed by atoms with Gasteiger partial charge < -0.3 is 10.1 Å². The monoisotopic (exact) mass is 420 g/mol. The number of nitrogens with zero attached hydrogens (tertiary/aromatic N) is 3. The van der Waals surface area contributed by atoms with E-state index in [1.807, 2.05) is 24.3 Å². The van der Waals surface area contributed by atoms with E-state index in [1.165, 1.54) is 33.3 Å². The lowest BCUT2D eigenvalue weighted by molar-refractivity contribution is -0.116. The summed E-state index contributed by atoms with van der Waals surface area (Å²) in [5.74, 6) is 0.429. The molecule has 0 atom stereocenters. The molecule has 140 valence electrons. The summed E-state index contributed by atoms with van der Waals surface area (Å²) < 4.78 is 7.17. The highest BCUT2D eigenvalue weighted by Crippen LogP contribution is 2.31. The molecule has 2 heterocycles. The van der Waals surface area contributed by atoms with Crippen LogP contribution in [0.2, 0.25) is 0 Å². The molecule has 7 nitrogen and oxygen atoms in total. The van der Waals surface area contributed by atoms with E-state index in [0.29, 0.717) is 14.8 Å². The van der Waals surface area contributed by atoms with Crippen molar-refractivity contribution in [2.75, 3.05) is 12.4 Å². The van der Waals surface area contributed by atoms with Crippen LogP contribution < -0.4 is 15.6 Å². The Morgan fingerprint density at radius 2 is 2.07 bits per heavy atom. The van der Waals surface area contributed by atoms with Crippen LogP contribution in [0.5, 0.6) is 5.75 Å². The summed E-state index contributed by atoms with van der Waals surface area (Å²) in [5, 5.41) is 11.6. The molecule has 0 aliphatic rings. The highest BCUT2D eigenvalue weighted by molar-refractivity contribution is 7.73. The van der Waals surface area contributed by atoms with Crippen LogP contribution in [-0.2, 0) is 11.3 Å². The van der Waals surface area contributed by atoms with Gasteiger partial charge in [0, 0.05) is 29.5 Å². The topological polar surface area (TPSA) is 86.1 Å². The van der Waals surface area contributed by atoms with Gasteiger partial charge in [0.1, 0.15) is 10.8 Å². The predicted molar refractivity (Wildman–Crippen MR) is 109 cm³/mol. The maximum atomic E-state index is 12.5. The van der Waals surface area contributed by atoms with Gasteiger partial charge in [-0.1, -0.05) is 23.5 Å². The first kappa shape index (κ1) is 19.3. The SMILES string of the molecule is COc1ccccc1-c1cc(=O)n(CCC(=O)Nc2nnc(C)s2)c(=S)s1. The lowest BCUT2D eigenvalue weighted by atomic mass is 10.1. The molecule has 3 aromatic rings. The van der Waals surface area contributed by atoms with Crippen molar-refractivity contribution in [3.05, 3.63) is 49.6 Å². The zero-order valence-electron chi connectivity index (χ0n) is 14.6. The molecule has 10 heteroatoms. The van der Waals surface area contributed by atoms with Crippen LogP contribution in [0.3, 0.4) is 0 Å². The normalized spacial score (nSPS) is 10.6. The summed E-state index contributed by atoms with van der Waals surface area (Å²) in [7, 11) is 1.58. The summed E-state index contributed by atoms with van der Waals surface area (Å²) >= 11 is 7.98. The minimum absolute atomic E-state index is 0.114. The Morgan fingerprint density at radius 3 is 2.74 bits per heavy atom. The van der Waals surface area contributed by atoms with Gasteiger partial charge in [-0.3, -0.25) is 14.2 Å². The average molecular weight is 421 g/mol. The van der Waals surface area contributed by atoms with Crippen LogP contribution in [0.4, 0.5) is 5.13 Å². The lowest BCUT2D eigenvalue weighted by Gasteiger charge is -2.09. The number of rotatable bonds is 6. The molecule has 0 spiro atoms. The highest BCUT2D eigenvalue weighted by atomic mass is 32.1. The smallest absolute Gasteiger partial charge is 0.253 e. The molecule has 1 N–H and O–H groups in total. The first-order chi connectivity index (χ1) is 13.0. The van der Waals surface area contributed by atoms with Crippen molar-refractivity contribution in [3.63, 3.8) is 0 Å². The third-order valence-electron chi connectivity index (χ3n) is 3.65. The minimum atomic E-state index is -0.251. The van der Waals surface area contributed by atoms with E-state index in [4.69, 9.17) is 17.0 Å². The van der Waals surface area contributed by atoms with E-state index >= 15 is 0 Å². The number of anilines is 1. The molecule has 0 saturated carbocycles. The molecule has 0 aliphatic heterocycles. The predicted octanol–water partition coefficient (Wildman–Crippen LogP) is 3.50. The molecule has 2 aromatic heterocycles. The van der Waals surface area contributed by atoms with Crippen LogP contribution in [0.1, 0.15) is 11.4 Å². The molecular formula is C17H16N4O3S3. The van der Waals surface area contributed by atoms with Crippen LogP contribution >= 0.6 is 34.9 Å². The van der Waals surface area contributed by atoms with Gasteiger partial charge in [-0.05, 0) is 31.3 Å². The molecule has 0 aliphatic carbocycles. The third-order valence-corrected chi connectivity index (χ3v) is 5.82. The standard InChI is InChI=1S/C17H16N4O3S3/c1-10-19-20-16(26-10)18-14(22)7-8-21-15(23)9-13(27-17(21)25)11-5-3-4-6-12(11)24-2/h3-6,9H,7-8H2,1-2H3,(H,18,20,22). The maximum Gasteiger partial charge on any atom is 0.253 e. The number of nitrogens with one attached hydrogen (secondary N) is 1. The molecule has 0 fully saturated rings. The molecule has 1 aromatic carbocycles. The average Bonchev–Trinajstić information content (AvgIpc) is 3.05. The van der Waals surface area contributed by atoms with E-state index in [-0.39, 0.29) is 24.4 Å². The van der Waals surface area contributed by atoms with Gasteiger partial charge in [-0.15, -0.1) is 21.5 Å². The summed E-state index contributed by atoms with van der Waals surface area (Å²) in [4.78, 5) is 25.3. The van der Waals surface area contributed by atoms with Crippen molar-refractivity contribution in [3.8, 4) is 16.2 Å². The highest BCUT2D eigenvalue weighted by Gasteiger charge is 2.11. The fourth-order valence-electron chi connectivity index (χ4n) is 2.38. The number of methoxy groups -OCH3 is 1. The second-order valence-electron chi connectivity index (χ2n) is 5.49. The van der Waals surface area contributed by atoms with Crippen molar-refractivity contribution in [1.82, 2.24) is 14.8 Å². The lowest BCUT2D eigenvalue weighted by Crippen LogP contribution is -2.22. The zero-order valence-corrected chi connectivity index (χ0v) is 17.0. The number of aromatic nitrogens is 3. The molecule has 0 unspecified atom stereocenters. The Hall–Kier alpha value is -2.43. The third kappa shape index (κ3) is 4.65. The Kier molecular flexibility index (Phi) is 6.09. The number of carbonyl (C=O) groups is 1. The van der Waals surface area contributed by atoms with Gasteiger partial charge in [0.15, 0.2) is 3.95 Å². The number of hydrogen-bond acceptors (Lipinski definition) is 8. The van der Waals surface area contributed by atoms with Crippen molar-refractivity contribution >= 4 is 45.9 Å². The van der Waals surface area contributed by atoms with Gasteiger partial charge in [0.2, 0.25) is 11.0 Å². The number of amides is 1. The fraction of sp³-hybridized carbons (Fsp3) is 0.235. The Labute approximate surface area is 168 Å². The molecule has 0 saturated heterocycles. The summed E-state index contributed by atoms with van der Waals surface area (Å²) in [5.41, 5.74) is 0.559. The van der Waals surface area contributed by atoms with E-state index in [0.717, 1.165) is 15.4 Å². The molecule has 1 amide bonds. The van der Waals surface area contributed by atoms with Gasteiger partial charge in [0.05, 0.1) is 7.11 Å². The van der Waals surface area contributed by atoms with E-state index in [9.17, 15) is 9.59 Å². The molecule has 0 radical (unpaired) electrons. The number of para-hydroxylation sites is 1. The quantitative estimate of drug-likeness (QED) is 0.614. The largest absolute Gasteiger partial charge is 0.496 e. The first-order valence-electron chi connectivity index (χ1n) is 7.96. The second-order valence-corrected chi connectivity index (χ2v) is 8.35. The Bertz CT molecular complexity index is 1060. The Morgan fingerprint density at radius 1 is 1.30 bits per heavy atom. The first-order valence-corrected chi connectivity index (χ1v) is 10.0. The van der Waals surface area contributed by atoms with Gasteiger partial charge in [-0.2, -0.15) is 0 Å². The number of carbonyl (C=O) groups excluding carboxylic acids is 1. The van der Waals surface area contributed by atoms with Crippen molar-refractivity contribution in [2.24, 2.45) is 0 Å². The molecular weight excluding hydrogens is 404 g/mol. The van der Waals surface area contributed by atoms with E-state index in [2.05, 4.69) is 15.5 Å².